The van der Waals surface area contributed by atoms with Crippen LogP contribution in [-0.4, -0.2) is 107 Å². The van der Waals surface area contributed by atoms with Gasteiger partial charge in [0.15, 0.2) is 6.23 Å². The monoisotopic (exact) mass is 881 g/mol. The van der Waals surface area contributed by atoms with Gasteiger partial charge < -0.3 is 47.9 Å². The lowest BCUT2D eigenvalue weighted by Crippen LogP contribution is -2.69. The number of ether oxygens (including phenoxy) is 9. The van der Waals surface area contributed by atoms with Gasteiger partial charge >= 0.3 is 11.9 Å². The molecule has 3 aliphatic heterocycles. The molecule has 54 heavy (non-hydrogen) atoms. The molecule has 1 N–H and O–H groups in total. The van der Waals surface area contributed by atoms with Crippen molar-refractivity contribution >= 4 is 49.7 Å². The van der Waals surface area contributed by atoms with Crippen LogP contribution in [-0.2, 0) is 47.4 Å². The number of rotatable bonds is 13. The number of hydrogen-bond donors (Lipinski definition) is 1. The molecule has 2 aromatic carbocycles. The summed E-state index contributed by atoms with van der Waals surface area (Å²) in [5.74, 6) is -3.72. The average molecular weight is 884 g/mol. The van der Waals surface area contributed by atoms with Crippen LogP contribution < -0.4 is 5.32 Å². The van der Waals surface area contributed by atoms with E-state index in [2.05, 4.69) is 43.8 Å². The molecule has 3 aliphatic rings. The van der Waals surface area contributed by atoms with Gasteiger partial charge in [-0.15, -0.1) is 0 Å². The van der Waals surface area contributed by atoms with Crippen LogP contribution in [0.4, 0.5) is 0 Å². The molecule has 10 atom stereocenters. The summed E-state index contributed by atoms with van der Waals surface area (Å²) in [7, 11) is 4.51. The fourth-order valence-electron chi connectivity index (χ4n) is 7.13. The standard InChI is InChI=1S/C39H49Br2NO12/c1-21-18-39(48-8,54-23(3)22(21)2)33(53-37(45)25-11-15-27(41)16-12-25)34(43)42-35-31-30(50-20-51-35)32(47-7)38(4,5)29(52-31)17-28(46-6)19-49-36(44)24-9-13-26(40)14-10-24/h9-16,22-23,28-33,35H,1,17-20H2,2-8H3,(H,42,43)/t22-,23-,28-,29-,30+,31+,32-,33-,35+,39-/m1/s1. The van der Waals surface area contributed by atoms with Gasteiger partial charge in [0.2, 0.25) is 11.9 Å². The first-order valence-corrected chi connectivity index (χ1v) is 19.3. The molecule has 0 aliphatic carbocycles. The summed E-state index contributed by atoms with van der Waals surface area (Å²) in [6, 6.07) is 13.4. The van der Waals surface area contributed by atoms with Gasteiger partial charge in [-0.2, -0.15) is 0 Å². The summed E-state index contributed by atoms with van der Waals surface area (Å²) in [5, 5.41) is 2.90. The molecule has 5 rings (SSSR count). The zero-order valence-corrected chi connectivity index (χ0v) is 34.7. The number of carbonyl (C=O) groups excluding carboxylic acids is 3. The van der Waals surface area contributed by atoms with Gasteiger partial charge in [-0.25, -0.2) is 9.59 Å². The van der Waals surface area contributed by atoms with Crippen LogP contribution in [0.25, 0.3) is 0 Å². The van der Waals surface area contributed by atoms with Crippen LogP contribution in [0.5, 0.6) is 0 Å². The second-order valence-electron chi connectivity index (χ2n) is 14.4. The second-order valence-corrected chi connectivity index (χ2v) is 16.2. The van der Waals surface area contributed by atoms with E-state index in [9.17, 15) is 14.4 Å². The fraction of sp³-hybridized carbons (Fsp3) is 0.564. The van der Waals surface area contributed by atoms with Crippen LogP contribution in [0.3, 0.4) is 0 Å². The summed E-state index contributed by atoms with van der Waals surface area (Å²) < 4.78 is 56.0. The number of hydrogen-bond acceptors (Lipinski definition) is 12. The molecular formula is C39H49Br2NO12. The number of nitrogens with one attached hydrogen (secondary N) is 1. The number of amides is 1. The quantitative estimate of drug-likeness (QED) is 0.187. The third kappa shape index (κ3) is 9.27. The molecule has 13 nitrogen and oxygen atoms in total. The molecule has 0 aromatic heterocycles. The van der Waals surface area contributed by atoms with Crippen LogP contribution >= 0.6 is 31.9 Å². The zero-order chi connectivity index (χ0) is 39.4. The smallest absolute Gasteiger partial charge is 0.339 e. The maximum atomic E-state index is 14.5. The predicted molar refractivity (Wildman–Crippen MR) is 202 cm³/mol. The van der Waals surface area contributed by atoms with Crippen LogP contribution in [0, 0.1) is 11.3 Å². The molecule has 3 saturated heterocycles. The van der Waals surface area contributed by atoms with Crippen molar-refractivity contribution in [2.75, 3.05) is 34.7 Å². The maximum absolute atomic E-state index is 14.5. The van der Waals surface area contributed by atoms with Gasteiger partial charge in [0.05, 0.1) is 35.5 Å². The van der Waals surface area contributed by atoms with Crippen LogP contribution in [0.2, 0.25) is 0 Å². The lowest BCUT2D eigenvalue weighted by atomic mass is 9.72. The van der Waals surface area contributed by atoms with E-state index in [0.717, 1.165) is 14.5 Å². The second kappa shape index (κ2) is 18.0. The van der Waals surface area contributed by atoms with Gasteiger partial charge in [0.25, 0.3) is 5.91 Å². The molecule has 0 bridgehead atoms. The number of carbonyl (C=O) groups is 3. The Morgan fingerprint density at radius 1 is 0.926 bits per heavy atom. The molecule has 0 unspecified atom stereocenters. The van der Waals surface area contributed by atoms with Gasteiger partial charge in [0, 0.05) is 54.4 Å². The molecule has 3 fully saturated rings. The molecule has 0 saturated carbocycles. The highest BCUT2D eigenvalue weighted by Gasteiger charge is 2.58. The number of halogens is 2. The number of benzene rings is 2. The van der Waals surface area contributed by atoms with Crippen molar-refractivity contribution in [3.8, 4) is 0 Å². The minimum atomic E-state index is -1.70. The van der Waals surface area contributed by atoms with Crippen molar-refractivity contribution in [2.24, 2.45) is 11.3 Å². The van der Waals surface area contributed by atoms with E-state index in [4.69, 9.17) is 42.6 Å². The lowest BCUT2D eigenvalue weighted by molar-refractivity contribution is -0.333. The van der Waals surface area contributed by atoms with Crippen molar-refractivity contribution in [3.05, 3.63) is 80.8 Å². The van der Waals surface area contributed by atoms with Crippen molar-refractivity contribution in [3.63, 3.8) is 0 Å². The first-order chi connectivity index (χ1) is 25.6. The summed E-state index contributed by atoms with van der Waals surface area (Å²) in [6.07, 6.45) is -5.85. The zero-order valence-electron chi connectivity index (χ0n) is 31.5. The molecule has 0 radical (unpaired) electrons. The summed E-state index contributed by atoms with van der Waals surface area (Å²) >= 11 is 6.75. The highest BCUT2D eigenvalue weighted by atomic mass is 79.9. The van der Waals surface area contributed by atoms with E-state index in [1.165, 1.54) is 14.2 Å². The van der Waals surface area contributed by atoms with Gasteiger partial charge in [0.1, 0.15) is 25.6 Å². The van der Waals surface area contributed by atoms with E-state index in [1.54, 1.807) is 55.6 Å². The third-order valence-electron chi connectivity index (χ3n) is 10.6. The Hall–Kier alpha value is -2.73. The Morgan fingerprint density at radius 2 is 1.54 bits per heavy atom. The minimum Gasteiger partial charge on any atom is -0.459 e. The van der Waals surface area contributed by atoms with E-state index in [-0.39, 0.29) is 31.3 Å². The van der Waals surface area contributed by atoms with Crippen LogP contribution in [0.15, 0.2) is 69.6 Å². The Bertz CT molecular complexity index is 1640. The SMILES string of the molecule is C=C1C[C@](OC)([C@H](OC(=O)c2ccc(Br)cc2)C(=O)N[C@H]2OCO[C@H]3[C@@H]2O[C@H](C[C@H](COC(=O)c2ccc(Br)cc2)OC)C(C)(C)[C@@H]3OC)O[C@H](C)[C@@H]1C. The van der Waals surface area contributed by atoms with E-state index in [1.807, 2.05) is 27.7 Å². The van der Waals surface area contributed by atoms with E-state index >= 15 is 0 Å². The predicted octanol–water partition coefficient (Wildman–Crippen LogP) is 5.97. The first kappa shape index (κ1) is 42.4. The Balaban J connectivity index is 1.38. The summed E-state index contributed by atoms with van der Waals surface area (Å²) in [6.45, 7) is 11.8. The third-order valence-corrected chi connectivity index (χ3v) is 11.7. The topological polar surface area (TPSA) is 146 Å². The Kier molecular flexibility index (Phi) is 14.2. The highest BCUT2D eigenvalue weighted by Crippen LogP contribution is 2.44. The maximum Gasteiger partial charge on any atom is 0.339 e. The fourth-order valence-corrected chi connectivity index (χ4v) is 7.66. The molecule has 296 valence electrons. The van der Waals surface area contributed by atoms with E-state index < -0.39 is 78.0 Å². The number of methoxy groups -OCH3 is 3. The molecule has 15 heteroatoms. The van der Waals surface area contributed by atoms with Crippen LogP contribution in [0.1, 0.15) is 61.3 Å². The minimum absolute atomic E-state index is 0.0346. The molecule has 3 heterocycles. The summed E-state index contributed by atoms with van der Waals surface area (Å²) in [4.78, 5) is 40.8. The van der Waals surface area contributed by atoms with Crippen molar-refractivity contribution in [2.45, 2.75) is 95.3 Å². The average Bonchev–Trinajstić information content (AvgIpc) is 3.14. The van der Waals surface area contributed by atoms with Crippen molar-refractivity contribution in [1.82, 2.24) is 5.32 Å². The molecule has 1 amide bonds. The normalized spacial score (nSPS) is 30.4. The lowest BCUT2D eigenvalue weighted by Gasteiger charge is -2.54. The van der Waals surface area contributed by atoms with Crippen molar-refractivity contribution < 1.29 is 57.0 Å². The number of fused-ring (bicyclic) bond motifs is 1. The Labute approximate surface area is 332 Å². The largest absolute Gasteiger partial charge is 0.459 e. The Morgan fingerprint density at radius 3 is 2.09 bits per heavy atom. The molecule has 0 spiro atoms. The number of esters is 2. The first-order valence-electron chi connectivity index (χ1n) is 17.7. The van der Waals surface area contributed by atoms with Gasteiger partial charge in [-0.1, -0.05) is 64.8 Å². The molecular weight excluding hydrogens is 834 g/mol. The summed E-state index contributed by atoms with van der Waals surface area (Å²) in [5.41, 5.74) is 0.761. The van der Waals surface area contributed by atoms with Gasteiger partial charge in [-0.3, -0.25) is 4.79 Å². The highest BCUT2D eigenvalue weighted by molar-refractivity contribution is 9.10. The van der Waals surface area contributed by atoms with E-state index in [0.29, 0.717) is 12.0 Å². The van der Waals surface area contributed by atoms with Gasteiger partial charge in [-0.05, 0) is 55.5 Å². The molecule has 2 aromatic rings. The van der Waals surface area contributed by atoms with Crippen molar-refractivity contribution in [1.29, 1.82) is 0 Å².